The Kier molecular flexibility index (Phi) is 3.06. The summed E-state index contributed by atoms with van der Waals surface area (Å²) in [4.78, 5) is 11.1. The number of carbonyl (C=O) groups is 1. The summed E-state index contributed by atoms with van der Waals surface area (Å²) in [6.45, 7) is 4.13. The third-order valence-corrected chi connectivity index (χ3v) is 3.97. The smallest absolute Gasteiger partial charge is 0.303 e. The molecule has 1 saturated carbocycles. The van der Waals surface area contributed by atoms with Crippen LogP contribution in [0.3, 0.4) is 0 Å². The summed E-state index contributed by atoms with van der Waals surface area (Å²) in [5.74, 6) is 0.847. The van der Waals surface area contributed by atoms with Gasteiger partial charge in [0.25, 0.3) is 0 Å². The highest BCUT2D eigenvalue weighted by atomic mass is 16.6. The van der Waals surface area contributed by atoms with Gasteiger partial charge >= 0.3 is 5.97 Å². The van der Waals surface area contributed by atoms with Gasteiger partial charge in [0, 0.05) is 19.4 Å². The van der Waals surface area contributed by atoms with Gasteiger partial charge in [-0.25, -0.2) is 0 Å². The van der Waals surface area contributed by atoms with Gasteiger partial charge < -0.3 is 10.5 Å². The maximum Gasteiger partial charge on any atom is 0.303 e. The van der Waals surface area contributed by atoms with Crippen LogP contribution in [0.25, 0.3) is 0 Å². The molecule has 2 aliphatic rings. The molecular weight excluding hydrogens is 202 g/mol. The van der Waals surface area contributed by atoms with E-state index in [-0.39, 0.29) is 11.6 Å². The number of allylic oxidation sites excluding steroid dienone is 2. The number of carbonyl (C=O) groups excluding carboxylic acids is 1. The van der Waals surface area contributed by atoms with E-state index in [1.54, 1.807) is 0 Å². The molecule has 2 aliphatic carbocycles. The second kappa shape index (κ2) is 4.21. The van der Waals surface area contributed by atoms with Gasteiger partial charge in [-0.2, -0.15) is 0 Å². The van der Waals surface area contributed by atoms with Crippen LogP contribution in [0.2, 0.25) is 0 Å². The molecule has 0 aromatic heterocycles. The monoisotopic (exact) mass is 223 g/mol. The first-order valence-electron chi connectivity index (χ1n) is 6.20. The zero-order valence-corrected chi connectivity index (χ0v) is 10.2. The zero-order valence-electron chi connectivity index (χ0n) is 10.2. The van der Waals surface area contributed by atoms with Crippen molar-refractivity contribution in [2.24, 2.45) is 17.6 Å². The first-order chi connectivity index (χ1) is 7.61. The summed E-state index contributed by atoms with van der Waals surface area (Å²) in [6.07, 6.45) is 6.73. The van der Waals surface area contributed by atoms with E-state index < -0.39 is 0 Å². The zero-order chi connectivity index (χ0) is 11.8. The molecule has 1 fully saturated rings. The highest BCUT2D eigenvalue weighted by Crippen LogP contribution is 2.54. The van der Waals surface area contributed by atoms with Crippen molar-refractivity contribution in [2.75, 3.05) is 6.54 Å². The van der Waals surface area contributed by atoms with Crippen molar-refractivity contribution in [1.82, 2.24) is 0 Å². The molecule has 0 radical (unpaired) electrons. The fourth-order valence-corrected chi connectivity index (χ4v) is 3.27. The van der Waals surface area contributed by atoms with Crippen molar-refractivity contribution < 1.29 is 9.53 Å². The fourth-order valence-electron chi connectivity index (χ4n) is 3.27. The Labute approximate surface area is 97.0 Å². The molecule has 0 unspecified atom stereocenters. The maximum atomic E-state index is 11.1. The van der Waals surface area contributed by atoms with Crippen molar-refractivity contribution in [1.29, 1.82) is 0 Å². The van der Waals surface area contributed by atoms with Gasteiger partial charge in [-0.3, -0.25) is 4.79 Å². The van der Waals surface area contributed by atoms with E-state index in [1.807, 2.05) is 0 Å². The molecule has 0 heterocycles. The van der Waals surface area contributed by atoms with Crippen molar-refractivity contribution in [3.8, 4) is 0 Å². The molecule has 0 aliphatic heterocycles. The van der Waals surface area contributed by atoms with E-state index in [1.165, 1.54) is 25.3 Å². The molecule has 16 heavy (non-hydrogen) atoms. The van der Waals surface area contributed by atoms with Gasteiger partial charge in [-0.1, -0.05) is 25.0 Å². The van der Waals surface area contributed by atoms with Crippen molar-refractivity contribution >= 4 is 5.97 Å². The molecule has 3 nitrogen and oxygen atoms in total. The van der Waals surface area contributed by atoms with E-state index in [2.05, 4.69) is 13.0 Å². The third kappa shape index (κ3) is 1.77. The molecule has 0 saturated heterocycles. The molecule has 2 rings (SSSR count). The number of fused-ring (bicyclic) bond motifs is 1. The molecule has 3 heteroatoms. The van der Waals surface area contributed by atoms with Crippen LogP contribution in [0.1, 0.15) is 39.5 Å². The van der Waals surface area contributed by atoms with Crippen molar-refractivity contribution in [3.63, 3.8) is 0 Å². The Bertz CT molecular complexity index is 324. The van der Waals surface area contributed by atoms with Gasteiger partial charge in [0.15, 0.2) is 0 Å². The maximum absolute atomic E-state index is 11.1. The van der Waals surface area contributed by atoms with E-state index >= 15 is 0 Å². The lowest BCUT2D eigenvalue weighted by atomic mass is 9.62. The Morgan fingerprint density at radius 1 is 1.69 bits per heavy atom. The van der Waals surface area contributed by atoms with Crippen LogP contribution in [0, 0.1) is 11.8 Å². The summed E-state index contributed by atoms with van der Waals surface area (Å²) < 4.78 is 5.47. The highest BCUT2D eigenvalue weighted by Gasteiger charge is 2.56. The first kappa shape index (κ1) is 11.6. The average Bonchev–Trinajstić information content (AvgIpc) is 2.54. The molecular formula is C13H21NO2. The van der Waals surface area contributed by atoms with E-state index in [4.69, 9.17) is 10.5 Å². The van der Waals surface area contributed by atoms with E-state index in [0.717, 1.165) is 12.8 Å². The lowest BCUT2D eigenvalue weighted by molar-refractivity contribution is -0.183. The van der Waals surface area contributed by atoms with Crippen LogP contribution in [0.4, 0.5) is 0 Å². The first-order valence-corrected chi connectivity index (χ1v) is 6.20. The summed E-state index contributed by atoms with van der Waals surface area (Å²) in [5, 5.41) is 0. The summed E-state index contributed by atoms with van der Waals surface area (Å²) >= 11 is 0. The SMILES string of the molecule is CCCC1=C[C@@H]2C[C@](CN)(OC(C)=O)[C@@H]2C1. The van der Waals surface area contributed by atoms with Gasteiger partial charge in [0.2, 0.25) is 0 Å². The minimum Gasteiger partial charge on any atom is -0.458 e. The number of nitrogens with two attached hydrogens (primary N) is 1. The third-order valence-electron chi connectivity index (χ3n) is 3.97. The Balaban J connectivity index is 2.01. The van der Waals surface area contributed by atoms with Crippen LogP contribution in [-0.4, -0.2) is 18.1 Å². The lowest BCUT2D eigenvalue weighted by Gasteiger charge is -2.50. The molecule has 90 valence electrons. The molecule has 0 bridgehead atoms. The lowest BCUT2D eigenvalue weighted by Crippen LogP contribution is -2.59. The fraction of sp³-hybridized carbons (Fsp3) is 0.769. The van der Waals surface area contributed by atoms with Crippen LogP contribution >= 0.6 is 0 Å². The summed E-state index contributed by atoms with van der Waals surface area (Å²) in [5.41, 5.74) is 6.96. The minimum absolute atomic E-state index is 0.201. The minimum atomic E-state index is -0.359. The number of esters is 1. The number of ether oxygens (including phenoxy) is 1. The van der Waals surface area contributed by atoms with Gasteiger partial charge in [-0.15, -0.1) is 0 Å². The van der Waals surface area contributed by atoms with Gasteiger partial charge in [-0.05, 0) is 25.2 Å². The van der Waals surface area contributed by atoms with Crippen LogP contribution in [0.5, 0.6) is 0 Å². The van der Waals surface area contributed by atoms with E-state index in [9.17, 15) is 4.79 Å². The summed E-state index contributed by atoms with van der Waals surface area (Å²) in [6, 6.07) is 0. The Morgan fingerprint density at radius 2 is 2.44 bits per heavy atom. The van der Waals surface area contributed by atoms with Crippen LogP contribution in [-0.2, 0) is 9.53 Å². The molecule has 0 spiro atoms. The quantitative estimate of drug-likeness (QED) is 0.586. The predicted molar refractivity (Wildman–Crippen MR) is 62.8 cm³/mol. The highest BCUT2D eigenvalue weighted by molar-refractivity contribution is 5.67. The topological polar surface area (TPSA) is 52.3 Å². The summed E-state index contributed by atoms with van der Waals surface area (Å²) in [7, 11) is 0. The van der Waals surface area contributed by atoms with Crippen molar-refractivity contribution in [3.05, 3.63) is 11.6 Å². The number of rotatable bonds is 4. The number of hydrogen-bond acceptors (Lipinski definition) is 3. The average molecular weight is 223 g/mol. The van der Waals surface area contributed by atoms with Crippen molar-refractivity contribution in [2.45, 2.75) is 45.1 Å². The second-order valence-corrected chi connectivity index (χ2v) is 5.12. The van der Waals surface area contributed by atoms with Gasteiger partial charge in [0.1, 0.15) is 5.60 Å². The largest absolute Gasteiger partial charge is 0.458 e. The Morgan fingerprint density at radius 3 is 3.00 bits per heavy atom. The predicted octanol–water partition coefficient (Wildman–Crippen LogP) is 2.01. The second-order valence-electron chi connectivity index (χ2n) is 5.12. The standard InChI is InChI=1S/C13H21NO2/c1-3-4-10-5-11-7-13(8-14,12(11)6-10)16-9(2)15/h5,11-12H,3-4,6-8,14H2,1-2H3/t11-,12-,13-/m1/s1. The number of hydrogen-bond donors (Lipinski definition) is 1. The molecule has 3 atom stereocenters. The Hall–Kier alpha value is -0.830. The molecule has 0 aromatic carbocycles. The van der Waals surface area contributed by atoms with E-state index in [0.29, 0.717) is 18.4 Å². The molecule has 0 aromatic rings. The van der Waals surface area contributed by atoms with Crippen LogP contribution in [0.15, 0.2) is 11.6 Å². The van der Waals surface area contributed by atoms with Crippen LogP contribution < -0.4 is 5.73 Å². The van der Waals surface area contributed by atoms with Gasteiger partial charge in [0.05, 0.1) is 0 Å². The normalized spacial score (nSPS) is 36.3. The molecule has 0 amide bonds. The molecule has 2 N–H and O–H groups in total.